The van der Waals surface area contributed by atoms with Gasteiger partial charge in [-0.2, -0.15) is 4.31 Å². The Kier molecular flexibility index (Phi) is 4.17. The third kappa shape index (κ3) is 2.79. The van der Waals surface area contributed by atoms with Gasteiger partial charge in [-0.25, -0.2) is 8.42 Å². The quantitative estimate of drug-likeness (QED) is 0.847. The van der Waals surface area contributed by atoms with Crippen LogP contribution < -0.4 is 5.73 Å². The lowest BCUT2D eigenvalue weighted by Crippen LogP contribution is -2.49. The zero-order valence-corrected chi connectivity index (χ0v) is 13.5. The lowest BCUT2D eigenvalue weighted by Gasteiger charge is -2.43. The summed E-state index contributed by atoms with van der Waals surface area (Å²) in [6, 6.07) is 4.77. The summed E-state index contributed by atoms with van der Waals surface area (Å²) in [5, 5.41) is 0.459. The van der Waals surface area contributed by atoms with Crippen LogP contribution in [0.3, 0.4) is 0 Å². The van der Waals surface area contributed by atoms with Crippen molar-refractivity contribution in [3.63, 3.8) is 0 Å². The van der Waals surface area contributed by atoms with Gasteiger partial charge in [0.15, 0.2) is 0 Å². The molecule has 0 radical (unpaired) electrons. The number of nitrogens with two attached hydrogens (primary N) is 1. The van der Waals surface area contributed by atoms with Crippen LogP contribution in [0, 0.1) is 5.92 Å². The Labute approximate surface area is 131 Å². The summed E-state index contributed by atoms with van der Waals surface area (Å²) in [7, 11) is -3.53. The topological polar surface area (TPSA) is 63.4 Å². The molecule has 2 atom stereocenters. The summed E-state index contributed by atoms with van der Waals surface area (Å²) in [5.41, 5.74) is 6.13. The van der Waals surface area contributed by atoms with E-state index in [9.17, 15) is 8.42 Å². The van der Waals surface area contributed by atoms with Gasteiger partial charge in [0.1, 0.15) is 4.90 Å². The molecule has 1 aromatic rings. The Bertz CT molecular complexity index is 631. The highest BCUT2D eigenvalue weighted by molar-refractivity contribution is 7.89. The van der Waals surface area contributed by atoms with Crippen molar-refractivity contribution in [2.45, 2.75) is 49.5 Å². The maximum Gasteiger partial charge on any atom is 0.245 e. The molecule has 1 aliphatic heterocycles. The highest BCUT2D eigenvalue weighted by Gasteiger charge is 2.40. The molecule has 0 amide bonds. The number of hydrogen-bond acceptors (Lipinski definition) is 3. The maximum atomic E-state index is 13.0. The number of anilines is 1. The Morgan fingerprint density at radius 1 is 1.14 bits per heavy atom. The van der Waals surface area contributed by atoms with E-state index in [1.54, 1.807) is 10.4 Å². The van der Waals surface area contributed by atoms with Crippen molar-refractivity contribution < 1.29 is 8.42 Å². The van der Waals surface area contributed by atoms with Crippen molar-refractivity contribution in [3.8, 4) is 0 Å². The fraction of sp³-hybridized carbons (Fsp3) is 0.600. The predicted octanol–water partition coefficient (Wildman–Crippen LogP) is 3.27. The Morgan fingerprint density at radius 2 is 1.86 bits per heavy atom. The van der Waals surface area contributed by atoms with Gasteiger partial charge in [0.05, 0.1) is 5.69 Å². The van der Waals surface area contributed by atoms with Crippen LogP contribution >= 0.6 is 11.6 Å². The van der Waals surface area contributed by atoms with Crippen LogP contribution in [0.1, 0.15) is 38.5 Å². The van der Waals surface area contributed by atoms with Crippen molar-refractivity contribution in [1.29, 1.82) is 0 Å². The van der Waals surface area contributed by atoms with E-state index in [2.05, 4.69) is 0 Å². The molecule has 2 unspecified atom stereocenters. The summed E-state index contributed by atoms with van der Waals surface area (Å²) in [6.07, 6.45) is 6.53. The average molecular weight is 329 g/mol. The molecule has 0 bridgehead atoms. The van der Waals surface area contributed by atoms with E-state index in [-0.39, 0.29) is 16.6 Å². The van der Waals surface area contributed by atoms with Gasteiger partial charge in [-0.05, 0) is 49.8 Å². The number of hydrogen-bond donors (Lipinski definition) is 1. The summed E-state index contributed by atoms with van der Waals surface area (Å²) >= 11 is 5.88. The number of nitrogens with zero attached hydrogens (tertiary/aromatic N) is 1. The highest BCUT2D eigenvalue weighted by atomic mass is 35.5. The first-order valence-corrected chi connectivity index (χ1v) is 9.39. The standard InChI is InChI=1S/C15H21ClN2O2S/c16-12-7-8-15(13(17)10-12)21(19,20)18-9-3-5-11-4-1-2-6-14(11)18/h7-8,10-11,14H,1-6,9,17H2. The molecule has 1 heterocycles. The van der Waals surface area contributed by atoms with Crippen molar-refractivity contribution in [3.05, 3.63) is 23.2 Å². The second-order valence-electron chi connectivity index (χ2n) is 6.05. The van der Waals surface area contributed by atoms with Gasteiger partial charge in [-0.3, -0.25) is 0 Å². The number of sulfonamides is 1. The number of piperidine rings is 1. The van der Waals surface area contributed by atoms with Crippen LogP contribution in [0.5, 0.6) is 0 Å². The van der Waals surface area contributed by atoms with Crippen molar-refractivity contribution in [2.75, 3.05) is 12.3 Å². The third-order valence-electron chi connectivity index (χ3n) is 4.75. The van der Waals surface area contributed by atoms with E-state index >= 15 is 0 Å². The number of rotatable bonds is 2. The van der Waals surface area contributed by atoms with E-state index < -0.39 is 10.0 Å². The monoisotopic (exact) mass is 328 g/mol. The smallest absolute Gasteiger partial charge is 0.245 e. The molecule has 1 aromatic carbocycles. The normalized spacial score (nSPS) is 27.3. The molecular weight excluding hydrogens is 308 g/mol. The van der Waals surface area contributed by atoms with Crippen LogP contribution in [0.15, 0.2) is 23.1 Å². The first kappa shape index (κ1) is 15.1. The van der Waals surface area contributed by atoms with Crippen LogP contribution in [-0.2, 0) is 10.0 Å². The predicted molar refractivity (Wildman–Crippen MR) is 84.7 cm³/mol. The van der Waals surface area contributed by atoms with Crippen LogP contribution in [0.4, 0.5) is 5.69 Å². The Morgan fingerprint density at radius 3 is 2.62 bits per heavy atom. The van der Waals surface area contributed by atoms with Gasteiger partial charge in [-0.15, -0.1) is 0 Å². The molecule has 2 N–H and O–H groups in total. The molecular formula is C15H21ClN2O2S. The highest BCUT2D eigenvalue weighted by Crippen LogP contribution is 2.39. The number of nitrogen functional groups attached to an aromatic ring is 1. The van der Waals surface area contributed by atoms with E-state index in [1.165, 1.54) is 18.6 Å². The van der Waals surface area contributed by atoms with Crippen molar-refractivity contribution in [1.82, 2.24) is 4.31 Å². The lowest BCUT2D eigenvalue weighted by molar-refractivity contribution is 0.129. The molecule has 4 nitrogen and oxygen atoms in total. The maximum absolute atomic E-state index is 13.0. The number of halogens is 1. The molecule has 0 aromatic heterocycles. The van der Waals surface area contributed by atoms with Gasteiger partial charge in [0.25, 0.3) is 0 Å². The summed E-state index contributed by atoms with van der Waals surface area (Å²) < 4.78 is 27.6. The van der Waals surface area contributed by atoms with Gasteiger partial charge < -0.3 is 5.73 Å². The van der Waals surface area contributed by atoms with Crippen LogP contribution in [0.25, 0.3) is 0 Å². The van der Waals surface area contributed by atoms with Crippen LogP contribution in [-0.4, -0.2) is 25.3 Å². The van der Waals surface area contributed by atoms with E-state index in [4.69, 9.17) is 17.3 Å². The largest absolute Gasteiger partial charge is 0.398 e. The van der Waals surface area contributed by atoms with Crippen molar-refractivity contribution >= 4 is 27.3 Å². The average Bonchev–Trinajstić information content (AvgIpc) is 2.46. The summed E-state index contributed by atoms with van der Waals surface area (Å²) in [5.74, 6) is 0.510. The van der Waals surface area contributed by atoms with E-state index in [1.807, 2.05) is 0 Å². The molecule has 0 spiro atoms. The van der Waals surface area contributed by atoms with Crippen molar-refractivity contribution in [2.24, 2.45) is 5.92 Å². The molecule has 1 saturated heterocycles. The minimum absolute atomic E-state index is 0.146. The Balaban J connectivity index is 1.96. The van der Waals surface area contributed by atoms with Gasteiger partial charge in [0, 0.05) is 17.6 Å². The number of benzene rings is 1. The van der Waals surface area contributed by atoms with E-state index in [0.717, 1.165) is 32.1 Å². The van der Waals surface area contributed by atoms with Gasteiger partial charge in [0.2, 0.25) is 10.0 Å². The molecule has 1 saturated carbocycles. The molecule has 116 valence electrons. The fourth-order valence-corrected chi connectivity index (χ4v) is 5.79. The van der Waals surface area contributed by atoms with E-state index in [0.29, 0.717) is 17.5 Å². The SMILES string of the molecule is Nc1cc(Cl)ccc1S(=O)(=O)N1CCCC2CCCCC21. The Hall–Kier alpha value is -0.780. The van der Waals surface area contributed by atoms with Gasteiger partial charge >= 0.3 is 0 Å². The lowest BCUT2D eigenvalue weighted by atomic mass is 9.79. The number of fused-ring (bicyclic) bond motifs is 1. The first-order valence-electron chi connectivity index (χ1n) is 7.57. The zero-order valence-electron chi connectivity index (χ0n) is 12.0. The molecule has 2 aliphatic rings. The minimum Gasteiger partial charge on any atom is -0.398 e. The molecule has 21 heavy (non-hydrogen) atoms. The zero-order chi connectivity index (χ0) is 15.0. The second-order valence-corrected chi connectivity index (χ2v) is 8.35. The molecule has 6 heteroatoms. The summed E-state index contributed by atoms with van der Waals surface area (Å²) in [4.78, 5) is 0.193. The van der Waals surface area contributed by atoms with Crippen LogP contribution in [0.2, 0.25) is 5.02 Å². The first-order chi connectivity index (χ1) is 10.00. The summed E-state index contributed by atoms with van der Waals surface area (Å²) in [6.45, 7) is 0.603. The molecule has 3 rings (SSSR count). The molecule has 2 fully saturated rings. The minimum atomic E-state index is -3.53. The third-order valence-corrected chi connectivity index (χ3v) is 6.98. The second kappa shape index (κ2) is 5.78. The van der Waals surface area contributed by atoms with Gasteiger partial charge in [-0.1, -0.05) is 24.4 Å². The fourth-order valence-electron chi connectivity index (χ4n) is 3.76. The molecule has 1 aliphatic carbocycles.